The first-order chi connectivity index (χ1) is 19.4. The normalized spacial score (nSPS) is 14.6. The minimum atomic E-state index is -0.496. The highest BCUT2D eigenvalue weighted by Gasteiger charge is 2.30. The van der Waals surface area contributed by atoms with Crippen molar-refractivity contribution in [1.82, 2.24) is 14.9 Å². The zero-order valence-corrected chi connectivity index (χ0v) is 23.4. The molecule has 9 heteroatoms. The lowest BCUT2D eigenvalue weighted by Gasteiger charge is -2.35. The first kappa shape index (κ1) is 27.3. The largest absolute Gasteiger partial charge is 0.493 e. The van der Waals surface area contributed by atoms with Crippen LogP contribution in [0.15, 0.2) is 82.7 Å². The number of amides is 1. The maximum absolute atomic E-state index is 13.3. The van der Waals surface area contributed by atoms with Crippen LogP contribution in [0.5, 0.6) is 17.4 Å². The Morgan fingerprint density at radius 3 is 2.23 bits per heavy atom. The average molecular weight is 558 g/mol. The molecular weight excluding hydrogens is 526 g/mol. The van der Waals surface area contributed by atoms with E-state index < -0.39 is 11.5 Å². The number of nitrogens with zero attached hydrogens (tertiary/aromatic N) is 2. The van der Waals surface area contributed by atoms with Crippen LogP contribution < -0.4 is 15.0 Å². The fourth-order valence-electron chi connectivity index (χ4n) is 5.29. The first-order valence-electron chi connectivity index (χ1n) is 13.0. The van der Waals surface area contributed by atoms with Gasteiger partial charge < -0.3 is 24.5 Å². The Balaban J connectivity index is 1.35. The molecule has 1 amide bonds. The standard InChI is InChI=1S/C31H31N3O5S/c1-19-23-17-25(39-3)24(38-2)16-22(23)14-15-34(19)26(35)18-40-31-32-29(36)28(30(37)33-31)27(20-10-6-4-7-11-20)21-12-8-5-9-13-21/h4-13,16-17,19,27H,14-15,18H2,1-3H3,(H2,32,33,36,37). The Labute approximate surface area is 237 Å². The number of carbonyl (C=O) groups excluding carboxylic acids is 1. The summed E-state index contributed by atoms with van der Waals surface area (Å²) in [5.74, 6) is 0.426. The number of aromatic nitrogens is 2. The second-order valence-corrected chi connectivity index (χ2v) is 10.5. The number of nitrogens with one attached hydrogen (secondary N) is 1. The number of H-pyrrole nitrogens is 1. The van der Waals surface area contributed by atoms with Crippen LogP contribution in [0.1, 0.15) is 46.7 Å². The predicted molar refractivity (Wildman–Crippen MR) is 154 cm³/mol. The summed E-state index contributed by atoms with van der Waals surface area (Å²) in [6.07, 6.45) is 0.696. The summed E-state index contributed by atoms with van der Waals surface area (Å²) in [5.41, 5.74) is 3.59. The van der Waals surface area contributed by atoms with Gasteiger partial charge >= 0.3 is 0 Å². The third-order valence-corrected chi connectivity index (χ3v) is 8.16. The number of benzene rings is 3. The van der Waals surface area contributed by atoms with Crippen LogP contribution in [0.4, 0.5) is 0 Å². The molecular formula is C31H31N3O5S. The Hall–Kier alpha value is -4.24. The molecule has 4 aromatic rings. The lowest BCUT2D eigenvalue weighted by atomic mass is 9.86. The van der Waals surface area contributed by atoms with E-state index in [1.165, 1.54) is 0 Å². The molecule has 0 spiro atoms. The number of rotatable bonds is 8. The van der Waals surface area contributed by atoms with Crippen molar-refractivity contribution in [1.29, 1.82) is 0 Å². The van der Waals surface area contributed by atoms with Crippen LogP contribution in [-0.2, 0) is 11.2 Å². The molecule has 0 saturated heterocycles. The van der Waals surface area contributed by atoms with Gasteiger partial charge in [-0.15, -0.1) is 0 Å². The zero-order valence-electron chi connectivity index (χ0n) is 22.6. The van der Waals surface area contributed by atoms with Gasteiger partial charge in [0, 0.05) is 12.5 Å². The monoisotopic (exact) mass is 557 g/mol. The number of fused-ring (bicyclic) bond motifs is 1. The molecule has 40 heavy (non-hydrogen) atoms. The molecule has 8 nitrogen and oxygen atoms in total. The second kappa shape index (κ2) is 11.9. The number of carbonyl (C=O) groups is 1. The van der Waals surface area contributed by atoms with Crippen molar-refractivity contribution in [2.75, 3.05) is 26.5 Å². The Morgan fingerprint density at radius 1 is 1.05 bits per heavy atom. The van der Waals surface area contributed by atoms with E-state index in [1.54, 1.807) is 14.2 Å². The van der Waals surface area contributed by atoms with E-state index in [4.69, 9.17) is 9.47 Å². The molecule has 0 saturated carbocycles. The van der Waals surface area contributed by atoms with Gasteiger partial charge in [0.15, 0.2) is 16.7 Å². The molecule has 1 aliphatic rings. The van der Waals surface area contributed by atoms with Gasteiger partial charge in [-0.25, -0.2) is 0 Å². The topological polar surface area (TPSA) is 105 Å². The SMILES string of the molecule is COc1cc2c(cc1OC)C(C)N(C(=O)CSc1nc(O)c(C(c3ccccc3)c3ccccc3)c(=O)[nH]1)CC2. The fourth-order valence-corrected chi connectivity index (χ4v) is 6.04. The zero-order chi connectivity index (χ0) is 28.2. The Kier molecular flexibility index (Phi) is 8.11. The van der Waals surface area contributed by atoms with Gasteiger partial charge in [-0.3, -0.25) is 9.59 Å². The van der Waals surface area contributed by atoms with Crippen LogP contribution >= 0.6 is 11.8 Å². The maximum atomic E-state index is 13.3. The van der Waals surface area contributed by atoms with Gasteiger partial charge in [0.25, 0.3) is 5.56 Å². The van der Waals surface area contributed by atoms with Gasteiger partial charge in [0.1, 0.15) is 0 Å². The van der Waals surface area contributed by atoms with E-state index in [1.807, 2.05) is 84.6 Å². The van der Waals surface area contributed by atoms with Crippen molar-refractivity contribution < 1.29 is 19.4 Å². The molecule has 3 aromatic carbocycles. The van der Waals surface area contributed by atoms with Crippen molar-refractivity contribution in [3.05, 3.63) is 111 Å². The lowest BCUT2D eigenvalue weighted by molar-refractivity contribution is -0.130. The second-order valence-electron chi connectivity index (χ2n) is 9.57. The van der Waals surface area contributed by atoms with Crippen molar-refractivity contribution in [3.63, 3.8) is 0 Å². The van der Waals surface area contributed by atoms with Crippen LogP contribution in [0.25, 0.3) is 0 Å². The van der Waals surface area contributed by atoms with Gasteiger partial charge in [0.05, 0.1) is 31.6 Å². The maximum Gasteiger partial charge on any atom is 0.259 e. The molecule has 2 N–H and O–H groups in total. The predicted octanol–water partition coefficient (Wildman–Crippen LogP) is 4.91. The summed E-state index contributed by atoms with van der Waals surface area (Å²) in [7, 11) is 3.20. The summed E-state index contributed by atoms with van der Waals surface area (Å²) in [4.78, 5) is 35.4. The third-order valence-electron chi connectivity index (χ3n) is 7.31. The average Bonchev–Trinajstić information content (AvgIpc) is 2.98. The third kappa shape index (κ3) is 5.42. The molecule has 2 heterocycles. The Bertz CT molecular complexity index is 1520. The van der Waals surface area contributed by atoms with E-state index in [-0.39, 0.29) is 34.3 Å². The van der Waals surface area contributed by atoms with E-state index in [9.17, 15) is 14.7 Å². The van der Waals surface area contributed by atoms with Crippen molar-refractivity contribution in [2.45, 2.75) is 30.5 Å². The number of ether oxygens (including phenoxy) is 2. The smallest absolute Gasteiger partial charge is 0.259 e. The number of thioether (sulfide) groups is 1. The molecule has 5 rings (SSSR count). The highest BCUT2D eigenvalue weighted by atomic mass is 32.2. The van der Waals surface area contributed by atoms with Gasteiger partial charge in [-0.05, 0) is 47.7 Å². The van der Waals surface area contributed by atoms with E-state index >= 15 is 0 Å². The number of hydrogen-bond donors (Lipinski definition) is 2. The molecule has 1 atom stereocenters. The van der Waals surface area contributed by atoms with Crippen molar-refractivity contribution in [2.24, 2.45) is 0 Å². The summed E-state index contributed by atoms with van der Waals surface area (Å²) in [6.45, 7) is 2.55. The highest BCUT2D eigenvalue weighted by Crippen LogP contribution is 2.38. The molecule has 0 radical (unpaired) electrons. The van der Waals surface area contributed by atoms with E-state index in [0.717, 1.165) is 34.0 Å². The van der Waals surface area contributed by atoms with E-state index in [2.05, 4.69) is 9.97 Å². The number of hydrogen-bond acceptors (Lipinski definition) is 7. The molecule has 1 aliphatic heterocycles. The number of aromatic amines is 1. The van der Waals surface area contributed by atoms with Crippen molar-refractivity contribution >= 4 is 17.7 Å². The molecule has 0 bridgehead atoms. The van der Waals surface area contributed by atoms with Crippen LogP contribution in [0, 0.1) is 0 Å². The van der Waals surface area contributed by atoms with Crippen LogP contribution in [0.2, 0.25) is 0 Å². The molecule has 0 aliphatic carbocycles. The fraction of sp³-hybridized carbons (Fsp3) is 0.258. The van der Waals surface area contributed by atoms with Gasteiger partial charge in [0.2, 0.25) is 11.8 Å². The Morgan fingerprint density at radius 2 is 1.65 bits per heavy atom. The lowest BCUT2D eigenvalue weighted by Crippen LogP contribution is -2.40. The summed E-state index contributed by atoms with van der Waals surface area (Å²) < 4.78 is 10.9. The molecule has 206 valence electrons. The van der Waals surface area contributed by atoms with Gasteiger partial charge in [-0.1, -0.05) is 72.4 Å². The quantitative estimate of drug-likeness (QED) is 0.234. The number of methoxy groups -OCH3 is 2. The summed E-state index contributed by atoms with van der Waals surface area (Å²) in [6, 6.07) is 22.8. The molecule has 1 unspecified atom stereocenters. The number of aromatic hydroxyl groups is 1. The highest BCUT2D eigenvalue weighted by molar-refractivity contribution is 7.99. The minimum absolute atomic E-state index is 0.0650. The minimum Gasteiger partial charge on any atom is -0.493 e. The van der Waals surface area contributed by atoms with Crippen molar-refractivity contribution in [3.8, 4) is 17.4 Å². The molecule has 0 fully saturated rings. The van der Waals surface area contributed by atoms with Crippen LogP contribution in [0.3, 0.4) is 0 Å². The van der Waals surface area contributed by atoms with E-state index in [0.29, 0.717) is 24.5 Å². The van der Waals surface area contributed by atoms with Gasteiger partial charge in [-0.2, -0.15) is 4.98 Å². The first-order valence-corrected chi connectivity index (χ1v) is 14.0. The van der Waals surface area contributed by atoms with Crippen LogP contribution in [-0.4, -0.2) is 52.4 Å². The summed E-state index contributed by atoms with van der Waals surface area (Å²) in [5, 5.41) is 11.2. The molecule has 1 aromatic heterocycles. The summed E-state index contributed by atoms with van der Waals surface area (Å²) >= 11 is 1.10.